The van der Waals surface area contributed by atoms with E-state index in [4.69, 9.17) is 9.47 Å². The summed E-state index contributed by atoms with van der Waals surface area (Å²) in [5.41, 5.74) is 1.02. The van der Waals surface area contributed by atoms with Gasteiger partial charge in [-0.15, -0.1) is 0 Å². The van der Waals surface area contributed by atoms with Gasteiger partial charge in [-0.05, 0) is 31.9 Å². The van der Waals surface area contributed by atoms with E-state index in [2.05, 4.69) is 26.0 Å². The SMILES string of the molecule is COC1CCN(c2cc(Oc3cc(C#N)ccc3-n3cc(O)cn3)nc(C)n2)CC1. The smallest absolute Gasteiger partial charge is 0.224 e. The molecule has 9 nitrogen and oxygen atoms in total. The summed E-state index contributed by atoms with van der Waals surface area (Å²) in [5, 5.41) is 23.0. The highest BCUT2D eigenvalue weighted by atomic mass is 16.5. The number of nitriles is 1. The number of hydrogen-bond donors (Lipinski definition) is 1. The number of aryl methyl sites for hydroxylation is 1. The average molecular weight is 406 g/mol. The van der Waals surface area contributed by atoms with Crippen LogP contribution in [0.5, 0.6) is 17.4 Å². The lowest BCUT2D eigenvalue weighted by Gasteiger charge is -2.32. The van der Waals surface area contributed by atoms with Crippen LogP contribution < -0.4 is 9.64 Å². The fourth-order valence-corrected chi connectivity index (χ4v) is 3.47. The summed E-state index contributed by atoms with van der Waals surface area (Å²) in [4.78, 5) is 11.2. The second kappa shape index (κ2) is 8.39. The van der Waals surface area contributed by atoms with Crippen molar-refractivity contribution in [1.29, 1.82) is 5.26 Å². The lowest BCUT2D eigenvalue weighted by molar-refractivity contribution is 0.0818. The number of anilines is 1. The molecule has 0 radical (unpaired) electrons. The van der Waals surface area contributed by atoms with Crippen molar-refractivity contribution in [3.63, 3.8) is 0 Å². The summed E-state index contributed by atoms with van der Waals surface area (Å²) in [6, 6.07) is 8.90. The predicted molar refractivity (Wildman–Crippen MR) is 109 cm³/mol. The lowest BCUT2D eigenvalue weighted by atomic mass is 10.1. The summed E-state index contributed by atoms with van der Waals surface area (Å²) in [7, 11) is 1.74. The molecule has 0 saturated carbocycles. The van der Waals surface area contributed by atoms with E-state index in [1.165, 1.54) is 17.1 Å². The van der Waals surface area contributed by atoms with Crippen molar-refractivity contribution in [2.24, 2.45) is 0 Å². The van der Waals surface area contributed by atoms with Crippen LogP contribution in [0, 0.1) is 18.3 Å². The average Bonchev–Trinajstić information content (AvgIpc) is 3.19. The Morgan fingerprint density at radius 3 is 2.67 bits per heavy atom. The van der Waals surface area contributed by atoms with Crippen molar-refractivity contribution in [2.75, 3.05) is 25.1 Å². The highest BCUT2D eigenvalue weighted by molar-refractivity contribution is 5.53. The number of aromatic nitrogens is 4. The summed E-state index contributed by atoms with van der Waals surface area (Å²) in [5.74, 6) is 2.19. The molecule has 1 N–H and O–H groups in total. The van der Waals surface area contributed by atoms with Gasteiger partial charge in [-0.2, -0.15) is 15.3 Å². The minimum atomic E-state index is 0.0324. The van der Waals surface area contributed by atoms with Crippen molar-refractivity contribution in [3.05, 3.63) is 48.0 Å². The van der Waals surface area contributed by atoms with Gasteiger partial charge in [0.2, 0.25) is 5.88 Å². The molecule has 0 aliphatic carbocycles. The number of rotatable bonds is 5. The molecule has 1 aliphatic rings. The maximum absolute atomic E-state index is 9.64. The fraction of sp³-hybridized carbons (Fsp3) is 0.333. The molecule has 154 valence electrons. The van der Waals surface area contributed by atoms with Gasteiger partial charge in [0.15, 0.2) is 11.5 Å². The molecule has 0 bridgehead atoms. The first-order valence-electron chi connectivity index (χ1n) is 9.65. The van der Waals surface area contributed by atoms with E-state index in [1.54, 1.807) is 31.4 Å². The molecular weight excluding hydrogens is 384 g/mol. The van der Waals surface area contributed by atoms with E-state index in [0.717, 1.165) is 31.7 Å². The quantitative estimate of drug-likeness (QED) is 0.689. The molecule has 2 aromatic heterocycles. The van der Waals surface area contributed by atoms with Crippen LogP contribution in [0.3, 0.4) is 0 Å². The zero-order valence-electron chi connectivity index (χ0n) is 16.8. The highest BCUT2D eigenvalue weighted by Crippen LogP contribution is 2.31. The minimum absolute atomic E-state index is 0.0324. The van der Waals surface area contributed by atoms with E-state index in [1.807, 2.05) is 6.92 Å². The van der Waals surface area contributed by atoms with Crippen LogP contribution in [-0.4, -0.2) is 51.2 Å². The van der Waals surface area contributed by atoms with E-state index in [9.17, 15) is 10.4 Å². The molecule has 0 amide bonds. The topological polar surface area (TPSA) is 109 Å². The summed E-state index contributed by atoms with van der Waals surface area (Å²) in [6.07, 6.45) is 4.95. The first-order chi connectivity index (χ1) is 14.6. The molecule has 3 heterocycles. The molecule has 1 aliphatic heterocycles. The number of aromatic hydroxyl groups is 1. The third-order valence-corrected chi connectivity index (χ3v) is 5.02. The molecule has 0 unspecified atom stereocenters. The van der Waals surface area contributed by atoms with Crippen molar-refractivity contribution in [3.8, 4) is 29.1 Å². The molecule has 30 heavy (non-hydrogen) atoms. The Balaban J connectivity index is 1.64. The molecule has 9 heteroatoms. The van der Waals surface area contributed by atoms with Gasteiger partial charge in [0.05, 0.1) is 30.1 Å². The van der Waals surface area contributed by atoms with E-state index in [0.29, 0.717) is 28.7 Å². The van der Waals surface area contributed by atoms with Gasteiger partial charge in [-0.25, -0.2) is 9.67 Å². The molecule has 1 saturated heterocycles. The Morgan fingerprint density at radius 1 is 1.20 bits per heavy atom. The van der Waals surface area contributed by atoms with Gasteiger partial charge < -0.3 is 19.5 Å². The Labute approximate surface area is 174 Å². The van der Waals surface area contributed by atoms with Gasteiger partial charge in [-0.1, -0.05) is 0 Å². The maximum atomic E-state index is 9.64. The normalized spacial score (nSPS) is 14.5. The van der Waals surface area contributed by atoms with Crippen LogP contribution in [-0.2, 0) is 4.74 Å². The van der Waals surface area contributed by atoms with E-state index < -0.39 is 0 Å². The van der Waals surface area contributed by atoms with E-state index >= 15 is 0 Å². The number of methoxy groups -OCH3 is 1. The van der Waals surface area contributed by atoms with Crippen LogP contribution in [0.1, 0.15) is 24.2 Å². The van der Waals surface area contributed by atoms with Crippen molar-refractivity contribution < 1.29 is 14.6 Å². The zero-order valence-corrected chi connectivity index (χ0v) is 16.8. The van der Waals surface area contributed by atoms with Crippen molar-refractivity contribution in [1.82, 2.24) is 19.7 Å². The molecule has 4 rings (SSSR count). The standard InChI is InChI=1S/C21H22N6O3/c1-14-24-20(26-7-5-17(29-2)6-8-26)10-21(25-14)30-19-9-15(11-22)3-4-18(19)27-13-16(28)12-23-27/h3-4,9-10,12-13,17,28H,5-8H2,1-2H3. The van der Waals surface area contributed by atoms with Crippen LogP contribution in [0.15, 0.2) is 36.7 Å². The Kier molecular flexibility index (Phi) is 5.50. The van der Waals surface area contributed by atoms with Crippen LogP contribution in [0.25, 0.3) is 5.69 Å². The fourth-order valence-electron chi connectivity index (χ4n) is 3.47. The molecule has 0 spiro atoms. The number of hydrogen-bond acceptors (Lipinski definition) is 8. The maximum Gasteiger partial charge on any atom is 0.224 e. The lowest BCUT2D eigenvalue weighted by Crippen LogP contribution is -2.37. The Hall–Kier alpha value is -3.64. The summed E-state index contributed by atoms with van der Waals surface area (Å²) >= 11 is 0. The predicted octanol–water partition coefficient (Wildman–Crippen LogP) is 2.96. The van der Waals surface area contributed by atoms with Crippen molar-refractivity contribution >= 4 is 5.82 Å². The van der Waals surface area contributed by atoms with Gasteiger partial charge >= 0.3 is 0 Å². The Bertz CT molecular complexity index is 1080. The van der Waals surface area contributed by atoms with Crippen LogP contribution >= 0.6 is 0 Å². The van der Waals surface area contributed by atoms with Gasteiger partial charge in [0.1, 0.15) is 17.3 Å². The molecule has 0 atom stereocenters. The zero-order chi connectivity index (χ0) is 21.1. The second-order valence-electron chi connectivity index (χ2n) is 7.07. The first-order valence-corrected chi connectivity index (χ1v) is 9.65. The molecule has 1 aromatic carbocycles. The van der Waals surface area contributed by atoms with Gasteiger partial charge in [0.25, 0.3) is 0 Å². The van der Waals surface area contributed by atoms with E-state index in [-0.39, 0.29) is 11.9 Å². The summed E-state index contributed by atoms with van der Waals surface area (Å²) < 4.78 is 13.0. The highest BCUT2D eigenvalue weighted by Gasteiger charge is 2.21. The monoisotopic (exact) mass is 406 g/mol. The van der Waals surface area contributed by atoms with Crippen molar-refractivity contribution in [2.45, 2.75) is 25.9 Å². The molecular formula is C21H22N6O3. The third kappa shape index (κ3) is 4.18. The number of nitrogens with zero attached hydrogens (tertiary/aromatic N) is 6. The largest absolute Gasteiger partial charge is 0.505 e. The second-order valence-corrected chi connectivity index (χ2v) is 7.07. The van der Waals surface area contributed by atoms with Crippen LogP contribution in [0.4, 0.5) is 5.82 Å². The Morgan fingerprint density at radius 2 is 2.00 bits per heavy atom. The first kappa shape index (κ1) is 19.7. The number of benzene rings is 1. The van der Waals surface area contributed by atoms with Gasteiger partial charge in [0, 0.05) is 32.3 Å². The number of ether oxygens (including phenoxy) is 2. The third-order valence-electron chi connectivity index (χ3n) is 5.02. The minimum Gasteiger partial charge on any atom is -0.505 e. The number of piperidine rings is 1. The van der Waals surface area contributed by atoms with Crippen LogP contribution in [0.2, 0.25) is 0 Å². The molecule has 1 fully saturated rings. The summed E-state index contributed by atoms with van der Waals surface area (Å²) in [6.45, 7) is 3.50. The van der Waals surface area contributed by atoms with Gasteiger partial charge in [-0.3, -0.25) is 0 Å². The molecule has 3 aromatic rings.